The summed E-state index contributed by atoms with van der Waals surface area (Å²) in [4.78, 5) is 12.6. The lowest BCUT2D eigenvalue weighted by atomic mass is 10.2. The number of carbonyl (C=O) groups excluding carboxylic acids is 1. The highest BCUT2D eigenvalue weighted by atomic mass is 79.9. The topological polar surface area (TPSA) is 20.3 Å². The van der Waals surface area contributed by atoms with Crippen LogP contribution in [-0.4, -0.2) is 24.4 Å². The van der Waals surface area contributed by atoms with Crippen molar-refractivity contribution in [2.45, 2.75) is 6.92 Å². The Balaban J connectivity index is 2.51. The zero-order valence-corrected chi connectivity index (χ0v) is 10.5. The number of amides is 1. The van der Waals surface area contributed by atoms with Crippen LogP contribution in [0.25, 0.3) is 6.08 Å². The van der Waals surface area contributed by atoms with Gasteiger partial charge in [-0.2, -0.15) is 0 Å². The fraction of sp³-hybridized carbons (Fsp3) is 0.250. The van der Waals surface area contributed by atoms with E-state index in [4.69, 9.17) is 0 Å². The van der Waals surface area contributed by atoms with E-state index in [0.717, 1.165) is 10.0 Å². The monoisotopic (exact) mass is 267 g/mol. The normalized spacial score (nSPS) is 10.6. The molecule has 2 nitrogen and oxygen atoms in total. The van der Waals surface area contributed by atoms with E-state index < -0.39 is 0 Å². The molecule has 0 spiro atoms. The maximum atomic E-state index is 10.9. The minimum Gasteiger partial charge on any atom is -0.342 e. The summed E-state index contributed by atoms with van der Waals surface area (Å²) in [6.45, 7) is 2.21. The molecule has 3 heteroatoms. The molecule has 0 aliphatic rings. The van der Waals surface area contributed by atoms with Crippen molar-refractivity contribution in [1.82, 2.24) is 4.90 Å². The summed E-state index contributed by atoms with van der Waals surface area (Å²) in [6.07, 6.45) is 3.98. The van der Waals surface area contributed by atoms with Crippen LogP contribution in [0.2, 0.25) is 0 Å². The van der Waals surface area contributed by atoms with E-state index in [1.807, 2.05) is 36.4 Å². The highest BCUT2D eigenvalue weighted by Gasteiger charge is 1.97. The summed E-state index contributed by atoms with van der Waals surface area (Å²) in [5, 5.41) is 0. The minimum atomic E-state index is 0.0791. The van der Waals surface area contributed by atoms with Crippen LogP contribution >= 0.6 is 15.9 Å². The number of carbonyl (C=O) groups is 1. The Morgan fingerprint density at radius 2 is 2.00 bits per heavy atom. The Bertz CT molecular complexity index is 356. The Kier molecular flexibility index (Phi) is 4.56. The number of benzene rings is 1. The zero-order chi connectivity index (χ0) is 11.3. The molecule has 0 saturated carbocycles. The van der Waals surface area contributed by atoms with Crippen molar-refractivity contribution in [3.8, 4) is 0 Å². The summed E-state index contributed by atoms with van der Waals surface area (Å²) < 4.78 is 1.07. The summed E-state index contributed by atoms with van der Waals surface area (Å²) in [5.74, 6) is 0.0791. The van der Waals surface area contributed by atoms with Crippen LogP contribution < -0.4 is 0 Å². The molecule has 0 aromatic heterocycles. The highest BCUT2D eigenvalue weighted by Crippen LogP contribution is 2.11. The number of nitrogens with zero attached hydrogens (tertiary/aromatic N) is 1. The molecule has 0 saturated heterocycles. The van der Waals surface area contributed by atoms with Gasteiger partial charge in [0.25, 0.3) is 0 Å². The number of hydrogen-bond acceptors (Lipinski definition) is 1. The average Bonchev–Trinajstić information content (AvgIpc) is 2.20. The quantitative estimate of drug-likeness (QED) is 0.825. The molecule has 0 unspecified atom stereocenters. The molecule has 0 fully saturated rings. The first-order chi connectivity index (χ1) is 7.09. The van der Waals surface area contributed by atoms with Crippen LogP contribution in [-0.2, 0) is 4.79 Å². The second-order valence-electron chi connectivity index (χ2n) is 3.35. The number of halogens is 1. The molecule has 0 radical (unpaired) electrons. The van der Waals surface area contributed by atoms with Gasteiger partial charge in [0.15, 0.2) is 0 Å². The first-order valence-corrected chi connectivity index (χ1v) is 5.52. The van der Waals surface area contributed by atoms with Crippen LogP contribution in [0.3, 0.4) is 0 Å². The van der Waals surface area contributed by atoms with Gasteiger partial charge in [-0.05, 0) is 17.7 Å². The summed E-state index contributed by atoms with van der Waals surface area (Å²) in [5.41, 5.74) is 1.13. The Labute approximate surface area is 98.7 Å². The maximum Gasteiger partial charge on any atom is 0.219 e. The van der Waals surface area contributed by atoms with E-state index in [1.54, 1.807) is 18.9 Å². The molecule has 80 valence electrons. The van der Waals surface area contributed by atoms with E-state index in [9.17, 15) is 4.79 Å². The molecule has 0 heterocycles. The van der Waals surface area contributed by atoms with Crippen molar-refractivity contribution in [2.75, 3.05) is 13.6 Å². The Morgan fingerprint density at radius 3 is 2.53 bits per heavy atom. The average molecular weight is 268 g/mol. The number of likely N-dealkylation sites (N-methyl/N-ethyl adjacent to an activating group) is 1. The predicted molar refractivity (Wildman–Crippen MR) is 66.5 cm³/mol. The van der Waals surface area contributed by atoms with Crippen molar-refractivity contribution in [3.05, 3.63) is 40.4 Å². The fourth-order valence-electron chi connectivity index (χ4n) is 1.05. The second-order valence-corrected chi connectivity index (χ2v) is 4.27. The van der Waals surface area contributed by atoms with Gasteiger partial charge in [-0.3, -0.25) is 4.79 Å². The first kappa shape index (κ1) is 12.0. The van der Waals surface area contributed by atoms with Crippen molar-refractivity contribution >= 4 is 27.9 Å². The van der Waals surface area contributed by atoms with Gasteiger partial charge in [-0.1, -0.05) is 40.2 Å². The lowest BCUT2D eigenvalue weighted by Crippen LogP contribution is -2.23. The van der Waals surface area contributed by atoms with Crippen LogP contribution in [0.1, 0.15) is 12.5 Å². The van der Waals surface area contributed by atoms with Gasteiger partial charge in [0.2, 0.25) is 5.91 Å². The first-order valence-electron chi connectivity index (χ1n) is 4.73. The van der Waals surface area contributed by atoms with Crippen molar-refractivity contribution in [1.29, 1.82) is 0 Å². The summed E-state index contributed by atoms with van der Waals surface area (Å²) in [7, 11) is 1.79. The molecule has 15 heavy (non-hydrogen) atoms. The molecule has 1 amide bonds. The SMILES string of the molecule is CC(=O)N(C)CC=Cc1ccc(Br)cc1. The van der Waals surface area contributed by atoms with Crippen molar-refractivity contribution in [3.63, 3.8) is 0 Å². The van der Waals surface area contributed by atoms with E-state index in [1.165, 1.54) is 0 Å². The molecular formula is C12H14BrNO. The molecule has 0 bridgehead atoms. The number of hydrogen-bond donors (Lipinski definition) is 0. The molecule has 1 aromatic rings. The van der Waals surface area contributed by atoms with E-state index in [-0.39, 0.29) is 5.91 Å². The van der Waals surface area contributed by atoms with Crippen LogP contribution in [0, 0.1) is 0 Å². The Hall–Kier alpha value is -1.09. The molecule has 1 rings (SSSR count). The van der Waals surface area contributed by atoms with Crippen LogP contribution in [0.15, 0.2) is 34.8 Å². The van der Waals surface area contributed by atoms with Gasteiger partial charge in [0, 0.05) is 25.0 Å². The lowest BCUT2D eigenvalue weighted by molar-refractivity contribution is -0.127. The van der Waals surface area contributed by atoms with Gasteiger partial charge in [-0.25, -0.2) is 0 Å². The van der Waals surface area contributed by atoms with Gasteiger partial charge >= 0.3 is 0 Å². The van der Waals surface area contributed by atoms with E-state index >= 15 is 0 Å². The molecular weight excluding hydrogens is 254 g/mol. The fourth-order valence-corrected chi connectivity index (χ4v) is 1.31. The molecule has 0 N–H and O–H groups in total. The standard InChI is InChI=1S/C12H14BrNO/c1-10(15)14(2)9-3-4-11-5-7-12(13)8-6-11/h3-8H,9H2,1-2H3. The Morgan fingerprint density at radius 1 is 1.40 bits per heavy atom. The minimum absolute atomic E-state index is 0.0791. The highest BCUT2D eigenvalue weighted by molar-refractivity contribution is 9.10. The van der Waals surface area contributed by atoms with Crippen molar-refractivity contribution in [2.24, 2.45) is 0 Å². The molecule has 1 aromatic carbocycles. The number of rotatable bonds is 3. The van der Waals surface area contributed by atoms with Gasteiger partial charge in [0.05, 0.1) is 0 Å². The predicted octanol–water partition coefficient (Wildman–Crippen LogP) is 2.94. The smallest absolute Gasteiger partial charge is 0.219 e. The van der Waals surface area contributed by atoms with Gasteiger partial charge < -0.3 is 4.90 Å². The van der Waals surface area contributed by atoms with Crippen molar-refractivity contribution < 1.29 is 4.79 Å². The third kappa shape index (κ3) is 4.30. The maximum absolute atomic E-state index is 10.9. The van der Waals surface area contributed by atoms with E-state index in [2.05, 4.69) is 15.9 Å². The van der Waals surface area contributed by atoms with Crippen LogP contribution in [0.5, 0.6) is 0 Å². The van der Waals surface area contributed by atoms with Gasteiger partial charge in [-0.15, -0.1) is 0 Å². The summed E-state index contributed by atoms with van der Waals surface area (Å²) in [6, 6.07) is 8.03. The van der Waals surface area contributed by atoms with Gasteiger partial charge in [0.1, 0.15) is 0 Å². The van der Waals surface area contributed by atoms with Crippen LogP contribution in [0.4, 0.5) is 0 Å². The molecule has 0 aliphatic carbocycles. The molecule has 0 atom stereocenters. The summed E-state index contributed by atoms with van der Waals surface area (Å²) >= 11 is 3.38. The second kappa shape index (κ2) is 5.71. The third-order valence-corrected chi connectivity index (χ3v) is 2.63. The van der Waals surface area contributed by atoms with E-state index in [0.29, 0.717) is 6.54 Å². The zero-order valence-electron chi connectivity index (χ0n) is 8.90. The lowest BCUT2D eigenvalue weighted by Gasteiger charge is -2.10. The third-order valence-electron chi connectivity index (χ3n) is 2.10. The molecule has 0 aliphatic heterocycles. The largest absolute Gasteiger partial charge is 0.342 e.